The van der Waals surface area contributed by atoms with Crippen LogP contribution in [0, 0.1) is 6.92 Å². The number of aromatic nitrogens is 3. The van der Waals surface area contributed by atoms with Gasteiger partial charge in [-0.2, -0.15) is 4.98 Å². The molecule has 1 saturated heterocycles. The number of nitrogens with zero attached hydrogens (tertiary/aromatic N) is 5. The number of hydrogen-bond donors (Lipinski definition) is 1. The van der Waals surface area contributed by atoms with Crippen LogP contribution in [0.4, 0.5) is 10.6 Å². The Bertz CT molecular complexity index is 1310. The summed E-state index contributed by atoms with van der Waals surface area (Å²) in [5.74, 6) is 0.586. The molecule has 1 aliphatic rings. The van der Waals surface area contributed by atoms with E-state index >= 15 is 0 Å². The molecule has 0 aliphatic carbocycles. The Labute approximate surface area is 201 Å². The highest BCUT2D eigenvalue weighted by Gasteiger charge is 2.30. The Kier molecular flexibility index (Phi) is 6.24. The van der Waals surface area contributed by atoms with Crippen LogP contribution in [0.3, 0.4) is 0 Å². The number of anilines is 1. The molecule has 33 heavy (non-hydrogen) atoms. The van der Waals surface area contributed by atoms with Crippen molar-refractivity contribution in [2.24, 2.45) is 0 Å². The second kappa shape index (κ2) is 8.83. The predicted molar refractivity (Wildman–Crippen MR) is 130 cm³/mol. The zero-order chi connectivity index (χ0) is 24.0. The highest BCUT2D eigenvalue weighted by molar-refractivity contribution is 6.41. The lowest BCUT2D eigenvalue weighted by Crippen LogP contribution is -2.54. The van der Waals surface area contributed by atoms with Gasteiger partial charge in [0.2, 0.25) is 0 Å². The van der Waals surface area contributed by atoms with E-state index in [9.17, 15) is 14.7 Å². The molecule has 1 amide bonds. The number of halogens is 2. The molecule has 4 rings (SSSR count). The van der Waals surface area contributed by atoms with Gasteiger partial charge in [0.25, 0.3) is 0 Å². The third-order valence-electron chi connectivity index (χ3n) is 6.04. The summed E-state index contributed by atoms with van der Waals surface area (Å²) in [7, 11) is 0. The third-order valence-corrected chi connectivity index (χ3v) is 6.72. The van der Waals surface area contributed by atoms with Gasteiger partial charge < -0.3 is 14.9 Å². The van der Waals surface area contributed by atoms with E-state index in [-0.39, 0.29) is 22.1 Å². The van der Waals surface area contributed by atoms with Gasteiger partial charge in [-0.15, -0.1) is 0 Å². The van der Waals surface area contributed by atoms with Crippen molar-refractivity contribution >= 4 is 46.1 Å². The number of fused-ring (bicyclic) bond motifs is 1. The maximum Gasteiger partial charge on any atom is 0.407 e. The highest BCUT2D eigenvalue weighted by Crippen LogP contribution is 2.34. The number of carbonyl (C=O) groups is 1. The van der Waals surface area contributed by atoms with Gasteiger partial charge >= 0.3 is 11.8 Å². The summed E-state index contributed by atoms with van der Waals surface area (Å²) in [6, 6.07) is 7.38. The van der Waals surface area contributed by atoms with E-state index in [1.165, 1.54) is 9.47 Å². The molecule has 1 fully saturated rings. The molecule has 1 aromatic carbocycles. The molecule has 2 aromatic heterocycles. The molecule has 8 nitrogen and oxygen atoms in total. The molecule has 1 aliphatic heterocycles. The Hall–Kier alpha value is -2.84. The first-order chi connectivity index (χ1) is 15.6. The minimum atomic E-state index is -0.966. The van der Waals surface area contributed by atoms with Crippen molar-refractivity contribution in [3.8, 4) is 5.69 Å². The Morgan fingerprint density at radius 1 is 1.21 bits per heavy atom. The number of hydrogen-bond acceptors (Lipinski definition) is 5. The topological polar surface area (TPSA) is 91.6 Å². The van der Waals surface area contributed by atoms with Crippen LogP contribution in [0.2, 0.25) is 10.2 Å². The van der Waals surface area contributed by atoms with Crippen LogP contribution < -0.4 is 10.6 Å². The lowest BCUT2D eigenvalue weighted by Gasteiger charge is -2.39. The van der Waals surface area contributed by atoms with Crippen LogP contribution >= 0.6 is 23.2 Å². The monoisotopic (exact) mass is 489 g/mol. The number of rotatable bonds is 3. The van der Waals surface area contributed by atoms with Crippen molar-refractivity contribution in [3.05, 3.63) is 56.1 Å². The number of aryl methyl sites for hydroxylation is 1. The second-order valence-electron chi connectivity index (χ2n) is 8.62. The Balaban J connectivity index is 1.99. The standard InChI is InChI=1S/C23H25Cl2N5O3/c1-12(2)15-7-5-6-13(3)18(15)30-21-16(10-17(24)19(25)26-21)20(27-22(30)31)29-9-8-28(23(32)33)11-14(29)4/h5-7,10,12,14H,8-9,11H2,1-4H3,(H,32,33)/t14-/m0/s1. The van der Waals surface area contributed by atoms with Gasteiger partial charge in [0.1, 0.15) is 11.0 Å². The summed E-state index contributed by atoms with van der Waals surface area (Å²) in [6.45, 7) is 8.96. The first-order valence-electron chi connectivity index (χ1n) is 10.7. The smallest absolute Gasteiger partial charge is 0.407 e. The summed E-state index contributed by atoms with van der Waals surface area (Å²) in [4.78, 5) is 37.2. The number of pyridine rings is 1. The molecule has 10 heteroatoms. The maximum atomic E-state index is 13.5. The van der Waals surface area contributed by atoms with Crippen molar-refractivity contribution in [2.75, 3.05) is 24.5 Å². The lowest BCUT2D eigenvalue weighted by atomic mass is 9.98. The average Bonchev–Trinajstić information content (AvgIpc) is 2.75. The first kappa shape index (κ1) is 23.3. The molecule has 174 valence electrons. The molecule has 1 N–H and O–H groups in total. The van der Waals surface area contributed by atoms with E-state index in [0.29, 0.717) is 36.5 Å². The van der Waals surface area contributed by atoms with Gasteiger partial charge in [0, 0.05) is 25.7 Å². The Morgan fingerprint density at radius 2 is 1.94 bits per heavy atom. The normalized spacial score (nSPS) is 16.6. The Morgan fingerprint density at radius 3 is 2.58 bits per heavy atom. The molecular formula is C23H25Cl2N5O3. The average molecular weight is 490 g/mol. The summed E-state index contributed by atoms with van der Waals surface area (Å²) in [5, 5.41) is 10.3. The van der Waals surface area contributed by atoms with Crippen LogP contribution in [-0.4, -0.2) is 56.3 Å². The van der Waals surface area contributed by atoms with E-state index in [1.54, 1.807) is 6.07 Å². The summed E-state index contributed by atoms with van der Waals surface area (Å²) >= 11 is 12.6. The largest absolute Gasteiger partial charge is 0.465 e. The van der Waals surface area contributed by atoms with Crippen molar-refractivity contribution in [2.45, 2.75) is 39.7 Å². The summed E-state index contributed by atoms with van der Waals surface area (Å²) < 4.78 is 1.50. The van der Waals surface area contributed by atoms with Gasteiger partial charge in [-0.05, 0) is 37.0 Å². The van der Waals surface area contributed by atoms with Crippen LogP contribution in [0.1, 0.15) is 37.8 Å². The fraction of sp³-hybridized carbons (Fsp3) is 0.391. The second-order valence-corrected chi connectivity index (χ2v) is 9.39. The van der Waals surface area contributed by atoms with Crippen LogP contribution in [0.15, 0.2) is 29.1 Å². The van der Waals surface area contributed by atoms with Gasteiger partial charge in [-0.3, -0.25) is 0 Å². The number of para-hydroxylation sites is 1. The quantitative estimate of drug-likeness (QED) is 0.535. The van der Waals surface area contributed by atoms with Gasteiger partial charge in [0.15, 0.2) is 5.65 Å². The molecule has 0 unspecified atom stereocenters. The number of amides is 1. The van der Waals surface area contributed by atoms with E-state index in [4.69, 9.17) is 23.2 Å². The minimum Gasteiger partial charge on any atom is -0.465 e. The molecule has 0 saturated carbocycles. The van der Waals surface area contributed by atoms with Gasteiger partial charge in [-0.25, -0.2) is 19.1 Å². The molecule has 1 atom stereocenters. The van der Waals surface area contributed by atoms with Crippen molar-refractivity contribution in [3.63, 3.8) is 0 Å². The molecular weight excluding hydrogens is 465 g/mol. The SMILES string of the molecule is Cc1cccc(C(C)C)c1-n1c(=O)nc(N2CCN(C(=O)O)C[C@@H]2C)c2cc(Cl)c(Cl)nc21. The highest BCUT2D eigenvalue weighted by atomic mass is 35.5. The zero-order valence-corrected chi connectivity index (χ0v) is 20.4. The molecule has 0 spiro atoms. The maximum absolute atomic E-state index is 13.5. The minimum absolute atomic E-state index is 0.0953. The van der Waals surface area contributed by atoms with Crippen molar-refractivity contribution in [1.29, 1.82) is 0 Å². The van der Waals surface area contributed by atoms with E-state index in [0.717, 1.165) is 16.8 Å². The molecule has 0 radical (unpaired) electrons. The van der Waals surface area contributed by atoms with E-state index in [1.807, 2.05) is 36.9 Å². The van der Waals surface area contributed by atoms with Crippen molar-refractivity contribution in [1.82, 2.24) is 19.4 Å². The van der Waals surface area contributed by atoms with Gasteiger partial charge in [-0.1, -0.05) is 55.2 Å². The van der Waals surface area contributed by atoms with Crippen LogP contribution in [-0.2, 0) is 0 Å². The number of benzene rings is 1. The van der Waals surface area contributed by atoms with E-state index < -0.39 is 11.8 Å². The lowest BCUT2D eigenvalue weighted by molar-refractivity contribution is 0.136. The molecule has 0 bridgehead atoms. The zero-order valence-electron chi connectivity index (χ0n) is 18.8. The molecule has 3 heterocycles. The van der Waals surface area contributed by atoms with E-state index in [2.05, 4.69) is 23.8 Å². The first-order valence-corrected chi connectivity index (χ1v) is 11.5. The fourth-order valence-corrected chi connectivity index (χ4v) is 4.69. The molecule has 3 aromatic rings. The summed E-state index contributed by atoms with van der Waals surface area (Å²) in [6.07, 6.45) is -0.966. The predicted octanol–water partition coefficient (Wildman–Crippen LogP) is 4.71. The fourth-order valence-electron chi connectivity index (χ4n) is 4.40. The third kappa shape index (κ3) is 4.13. The number of piperazine rings is 1. The number of carboxylic acid groups (broad SMARTS) is 1. The van der Waals surface area contributed by atoms with Crippen molar-refractivity contribution < 1.29 is 9.90 Å². The summed E-state index contributed by atoms with van der Waals surface area (Å²) in [5.41, 5.74) is 2.52. The van der Waals surface area contributed by atoms with Crippen LogP contribution in [0.5, 0.6) is 0 Å². The van der Waals surface area contributed by atoms with Gasteiger partial charge in [0.05, 0.1) is 16.1 Å². The van der Waals surface area contributed by atoms with Crippen LogP contribution in [0.25, 0.3) is 16.7 Å².